The van der Waals surface area contributed by atoms with E-state index >= 15 is 0 Å². The molecule has 1 radical (unpaired) electrons. The number of amides is 2. The van der Waals surface area contributed by atoms with Crippen LogP contribution in [0.5, 0.6) is 0 Å². The van der Waals surface area contributed by atoms with Crippen LogP contribution in [0.15, 0.2) is 0 Å². The van der Waals surface area contributed by atoms with Gasteiger partial charge in [0, 0.05) is 18.3 Å². The molecule has 2 amide bonds. The van der Waals surface area contributed by atoms with E-state index in [0.29, 0.717) is 6.54 Å². The standard InChI is InChI=1S/C9H15N2O2S/c1-9(2)4-7(12)11(3)5-6(14-9)8(10)13/h4,6H,5H2,1-3H3,(H2,10,13). The number of carbonyl (C=O) groups excluding carboxylic acids is 2. The van der Waals surface area contributed by atoms with E-state index in [9.17, 15) is 9.59 Å². The molecule has 1 atom stereocenters. The van der Waals surface area contributed by atoms with E-state index < -0.39 is 0 Å². The zero-order chi connectivity index (χ0) is 10.9. The number of nitrogens with two attached hydrogens (primary N) is 1. The summed E-state index contributed by atoms with van der Waals surface area (Å²) in [5.74, 6) is -0.413. The highest BCUT2D eigenvalue weighted by Crippen LogP contribution is 2.34. The maximum absolute atomic E-state index is 11.5. The molecule has 1 aliphatic rings. The van der Waals surface area contributed by atoms with Gasteiger partial charge in [-0.2, -0.15) is 0 Å². The van der Waals surface area contributed by atoms with Gasteiger partial charge in [-0.1, -0.05) is 0 Å². The fraction of sp³-hybridized carbons (Fsp3) is 0.667. The average molecular weight is 215 g/mol. The van der Waals surface area contributed by atoms with Gasteiger partial charge >= 0.3 is 0 Å². The molecule has 0 aliphatic carbocycles. The van der Waals surface area contributed by atoms with E-state index in [1.165, 1.54) is 16.7 Å². The zero-order valence-corrected chi connectivity index (χ0v) is 9.43. The van der Waals surface area contributed by atoms with Crippen molar-refractivity contribution in [3.63, 3.8) is 0 Å². The second-order valence-electron chi connectivity index (χ2n) is 3.98. The molecule has 1 unspecified atom stereocenters. The van der Waals surface area contributed by atoms with Crippen molar-refractivity contribution in [2.45, 2.75) is 23.8 Å². The highest BCUT2D eigenvalue weighted by Gasteiger charge is 2.35. The monoisotopic (exact) mass is 215 g/mol. The molecule has 2 N–H and O–H groups in total. The van der Waals surface area contributed by atoms with Crippen molar-refractivity contribution >= 4 is 23.6 Å². The van der Waals surface area contributed by atoms with Crippen molar-refractivity contribution in [2.75, 3.05) is 13.6 Å². The van der Waals surface area contributed by atoms with Crippen LogP contribution in [0, 0.1) is 6.42 Å². The summed E-state index contributed by atoms with van der Waals surface area (Å²) in [6.07, 6.45) is 1.63. The molecule has 79 valence electrons. The average Bonchev–Trinajstić information content (AvgIpc) is 2.09. The highest BCUT2D eigenvalue weighted by atomic mass is 32.2. The molecule has 0 spiro atoms. The van der Waals surface area contributed by atoms with Crippen LogP contribution in [0.3, 0.4) is 0 Å². The summed E-state index contributed by atoms with van der Waals surface area (Å²) in [5, 5.41) is -0.322. The van der Waals surface area contributed by atoms with Crippen molar-refractivity contribution in [3.8, 4) is 0 Å². The zero-order valence-electron chi connectivity index (χ0n) is 8.61. The summed E-state index contributed by atoms with van der Waals surface area (Å²) in [7, 11) is 1.68. The lowest BCUT2D eigenvalue weighted by atomic mass is 10.1. The molecule has 1 fully saturated rings. The van der Waals surface area contributed by atoms with Gasteiger partial charge in [0.1, 0.15) is 5.25 Å². The van der Waals surface area contributed by atoms with Gasteiger partial charge in [-0.05, 0) is 13.8 Å². The lowest BCUT2D eigenvalue weighted by Gasteiger charge is -2.22. The number of nitrogens with zero attached hydrogens (tertiary/aromatic N) is 1. The van der Waals surface area contributed by atoms with Crippen molar-refractivity contribution < 1.29 is 9.59 Å². The molecular weight excluding hydrogens is 200 g/mol. The summed E-state index contributed by atoms with van der Waals surface area (Å²) in [6, 6.07) is 0. The minimum absolute atomic E-state index is 0.0498. The molecule has 0 aromatic carbocycles. The van der Waals surface area contributed by atoms with Gasteiger partial charge in [-0.25, -0.2) is 0 Å². The summed E-state index contributed by atoms with van der Waals surface area (Å²) in [4.78, 5) is 24.1. The van der Waals surface area contributed by atoms with Gasteiger partial charge in [-0.15, -0.1) is 11.8 Å². The van der Waals surface area contributed by atoms with Crippen LogP contribution < -0.4 is 5.73 Å². The van der Waals surface area contributed by atoms with Gasteiger partial charge < -0.3 is 10.6 Å². The Morgan fingerprint density at radius 1 is 1.71 bits per heavy atom. The Kier molecular flexibility index (Phi) is 3.09. The highest BCUT2D eigenvalue weighted by molar-refractivity contribution is 8.02. The van der Waals surface area contributed by atoms with Crippen molar-refractivity contribution in [3.05, 3.63) is 6.42 Å². The third-order valence-corrected chi connectivity index (χ3v) is 3.44. The van der Waals surface area contributed by atoms with Gasteiger partial charge in [0.05, 0.1) is 6.42 Å². The Labute approximate surface area is 88.2 Å². The van der Waals surface area contributed by atoms with E-state index in [2.05, 4.69) is 0 Å². The molecule has 1 aliphatic heterocycles. The third-order valence-electron chi connectivity index (χ3n) is 2.05. The summed E-state index contributed by atoms with van der Waals surface area (Å²) < 4.78 is -0.332. The quantitative estimate of drug-likeness (QED) is 0.671. The fourth-order valence-corrected chi connectivity index (χ4v) is 2.65. The Morgan fingerprint density at radius 2 is 2.29 bits per heavy atom. The van der Waals surface area contributed by atoms with Crippen LogP contribution in [-0.4, -0.2) is 40.3 Å². The normalized spacial score (nSPS) is 27.2. The first kappa shape index (κ1) is 11.4. The molecule has 1 rings (SSSR count). The molecule has 0 saturated carbocycles. The molecule has 0 bridgehead atoms. The van der Waals surface area contributed by atoms with Crippen LogP contribution in [-0.2, 0) is 9.59 Å². The third kappa shape index (κ3) is 2.64. The fourth-order valence-electron chi connectivity index (χ4n) is 1.33. The first-order chi connectivity index (χ1) is 6.32. The molecular formula is C9H15N2O2S. The number of hydrogen-bond acceptors (Lipinski definition) is 3. The second kappa shape index (κ2) is 3.81. The van der Waals surface area contributed by atoms with Crippen molar-refractivity contribution in [1.29, 1.82) is 0 Å². The SMILES string of the molecule is CN1CC(C(N)=O)SC(C)(C)[CH]C1=O. The first-order valence-electron chi connectivity index (χ1n) is 4.40. The molecule has 1 heterocycles. The van der Waals surface area contributed by atoms with Crippen LogP contribution in [0.4, 0.5) is 0 Å². The maximum Gasteiger partial charge on any atom is 0.232 e. The van der Waals surface area contributed by atoms with E-state index in [-0.39, 0.29) is 21.8 Å². The molecule has 5 heteroatoms. The number of thioether (sulfide) groups is 1. The summed E-state index contributed by atoms with van der Waals surface area (Å²) in [5.41, 5.74) is 5.25. The Morgan fingerprint density at radius 3 is 2.79 bits per heavy atom. The first-order valence-corrected chi connectivity index (χ1v) is 5.28. The molecule has 4 nitrogen and oxygen atoms in total. The lowest BCUT2D eigenvalue weighted by molar-refractivity contribution is -0.126. The summed E-state index contributed by atoms with van der Waals surface area (Å²) >= 11 is 1.43. The van der Waals surface area contributed by atoms with Gasteiger partial charge in [0.2, 0.25) is 11.8 Å². The van der Waals surface area contributed by atoms with E-state index in [1.807, 2.05) is 13.8 Å². The van der Waals surface area contributed by atoms with Gasteiger partial charge in [0.15, 0.2) is 0 Å². The Hall–Kier alpha value is -0.710. The second-order valence-corrected chi connectivity index (χ2v) is 5.83. The maximum atomic E-state index is 11.5. The largest absolute Gasteiger partial charge is 0.369 e. The Bertz CT molecular complexity index is 266. The topological polar surface area (TPSA) is 63.4 Å². The van der Waals surface area contributed by atoms with Crippen LogP contribution >= 0.6 is 11.8 Å². The van der Waals surface area contributed by atoms with E-state index in [1.54, 1.807) is 13.5 Å². The lowest BCUT2D eigenvalue weighted by Crippen LogP contribution is -2.37. The summed E-state index contributed by atoms with van der Waals surface area (Å²) in [6.45, 7) is 4.20. The number of rotatable bonds is 1. The molecule has 14 heavy (non-hydrogen) atoms. The minimum atomic E-state index is -0.363. The van der Waals surface area contributed by atoms with Crippen molar-refractivity contribution in [2.24, 2.45) is 5.73 Å². The molecule has 0 aromatic rings. The van der Waals surface area contributed by atoms with Gasteiger partial charge in [-0.3, -0.25) is 9.59 Å². The molecule has 0 aromatic heterocycles. The minimum Gasteiger partial charge on any atom is -0.369 e. The Balaban J connectivity index is 2.84. The predicted molar refractivity (Wildman–Crippen MR) is 56.6 cm³/mol. The van der Waals surface area contributed by atoms with E-state index in [4.69, 9.17) is 5.73 Å². The number of primary amides is 1. The number of carbonyl (C=O) groups is 2. The smallest absolute Gasteiger partial charge is 0.232 e. The predicted octanol–water partition coefficient (Wildman–Crippen LogP) is 0.0284. The van der Waals surface area contributed by atoms with Crippen LogP contribution in [0.25, 0.3) is 0 Å². The van der Waals surface area contributed by atoms with Crippen LogP contribution in [0.1, 0.15) is 13.8 Å². The van der Waals surface area contributed by atoms with E-state index in [0.717, 1.165) is 0 Å². The van der Waals surface area contributed by atoms with Crippen LogP contribution in [0.2, 0.25) is 0 Å². The van der Waals surface area contributed by atoms with Gasteiger partial charge in [0.25, 0.3) is 0 Å². The number of hydrogen-bond donors (Lipinski definition) is 1. The molecule has 1 saturated heterocycles. The van der Waals surface area contributed by atoms with Crippen molar-refractivity contribution in [1.82, 2.24) is 4.90 Å².